The zero-order valence-corrected chi connectivity index (χ0v) is 16.2. The number of aryl methyl sites for hydroxylation is 1. The van der Waals surface area contributed by atoms with Crippen LogP contribution in [0.1, 0.15) is 18.1 Å². The van der Waals surface area contributed by atoms with Crippen molar-refractivity contribution in [1.29, 1.82) is 0 Å². The highest BCUT2D eigenvalue weighted by Crippen LogP contribution is 2.19. The maximum atomic E-state index is 5.96. The first-order chi connectivity index (χ1) is 11.2. The fourth-order valence-electron chi connectivity index (χ4n) is 2.11. The summed E-state index contributed by atoms with van der Waals surface area (Å²) in [5.41, 5.74) is 9.16. The van der Waals surface area contributed by atoms with Gasteiger partial charge in [0.1, 0.15) is 12.4 Å². The van der Waals surface area contributed by atoms with Crippen LogP contribution in [-0.2, 0) is 13.0 Å². The summed E-state index contributed by atoms with van der Waals surface area (Å²) in [5.74, 6) is 1.18. The molecule has 24 heavy (non-hydrogen) atoms. The normalized spacial score (nSPS) is 10.6. The van der Waals surface area contributed by atoms with Gasteiger partial charge in [0.2, 0.25) is 0 Å². The maximum absolute atomic E-state index is 5.96. The summed E-state index contributed by atoms with van der Waals surface area (Å²) in [4.78, 5) is 4.38. The molecule has 0 saturated heterocycles. The monoisotopic (exact) mass is 437 g/mol. The molecule has 2 aromatic carbocycles. The third kappa shape index (κ3) is 6.23. The molecule has 0 unspecified atom stereocenters. The Bertz CT molecular complexity index is 669. The number of hydrogen-bond donors (Lipinski definition) is 2. The van der Waals surface area contributed by atoms with Gasteiger partial charge in [-0.2, -0.15) is 0 Å². The van der Waals surface area contributed by atoms with Crippen molar-refractivity contribution in [3.63, 3.8) is 0 Å². The van der Waals surface area contributed by atoms with Crippen molar-refractivity contribution in [2.75, 3.05) is 11.9 Å². The highest BCUT2D eigenvalue weighted by atomic mass is 127. The first-order valence-electron chi connectivity index (χ1n) is 7.70. The number of hydrogen-bond acceptors (Lipinski definition) is 2. The predicted octanol–water partition coefficient (Wildman–Crippen LogP) is 4.36. The van der Waals surface area contributed by atoms with Gasteiger partial charge in [0.05, 0.1) is 6.54 Å². The number of para-hydroxylation sites is 1. The van der Waals surface area contributed by atoms with Gasteiger partial charge in [0.15, 0.2) is 5.96 Å². The Labute approximate surface area is 160 Å². The molecule has 2 aromatic rings. The summed E-state index contributed by atoms with van der Waals surface area (Å²) in [6.07, 6.45) is 2.74. The number of rotatable bonds is 7. The molecule has 0 spiro atoms. The number of halogens is 1. The molecule has 0 atom stereocenters. The lowest BCUT2D eigenvalue weighted by atomic mass is 10.1. The molecule has 0 heterocycles. The predicted molar refractivity (Wildman–Crippen MR) is 112 cm³/mol. The van der Waals surface area contributed by atoms with Crippen molar-refractivity contribution in [2.24, 2.45) is 10.7 Å². The minimum absolute atomic E-state index is 0. The van der Waals surface area contributed by atoms with Crippen LogP contribution in [-0.4, -0.2) is 12.6 Å². The minimum atomic E-state index is 0. The van der Waals surface area contributed by atoms with Crippen LogP contribution in [0.25, 0.3) is 0 Å². The van der Waals surface area contributed by atoms with Crippen LogP contribution in [0, 0.1) is 0 Å². The maximum Gasteiger partial charge on any atom is 0.193 e. The molecule has 0 radical (unpaired) electrons. The number of nitrogens with one attached hydrogen (secondary N) is 1. The molecule has 0 saturated carbocycles. The standard InChI is InChI=1S/C19H23N3O.HI/c1-3-13-23-18-8-6-5-7-16(18)14-21-19(20)22-17-11-9-15(4-2)10-12-17;/h3,5-12H,1,4,13-14H2,2H3,(H3,20,21,22);1H. The summed E-state index contributed by atoms with van der Waals surface area (Å²) < 4.78 is 5.61. The Morgan fingerprint density at radius 3 is 2.58 bits per heavy atom. The first-order valence-corrected chi connectivity index (χ1v) is 7.70. The molecular formula is C19H24IN3O. The Kier molecular flexibility index (Phi) is 8.93. The third-order valence-electron chi connectivity index (χ3n) is 3.38. The van der Waals surface area contributed by atoms with Crippen LogP contribution >= 0.6 is 24.0 Å². The van der Waals surface area contributed by atoms with Gasteiger partial charge in [-0.25, -0.2) is 4.99 Å². The van der Waals surface area contributed by atoms with E-state index >= 15 is 0 Å². The van der Waals surface area contributed by atoms with E-state index in [2.05, 4.69) is 35.9 Å². The molecule has 0 amide bonds. The number of anilines is 1. The number of nitrogens with zero attached hydrogens (tertiary/aromatic N) is 1. The zero-order valence-electron chi connectivity index (χ0n) is 13.9. The molecule has 0 aromatic heterocycles. The number of guanidine groups is 1. The molecule has 3 N–H and O–H groups in total. The average Bonchev–Trinajstić information content (AvgIpc) is 2.59. The van der Waals surface area contributed by atoms with Crippen LogP contribution in [0.4, 0.5) is 5.69 Å². The molecule has 0 aliphatic heterocycles. The Morgan fingerprint density at radius 2 is 1.92 bits per heavy atom. The van der Waals surface area contributed by atoms with Gasteiger partial charge in [-0.05, 0) is 30.2 Å². The lowest BCUT2D eigenvalue weighted by molar-refractivity contribution is 0.359. The number of benzene rings is 2. The van der Waals surface area contributed by atoms with E-state index in [1.165, 1.54) is 5.56 Å². The second kappa shape index (κ2) is 10.7. The summed E-state index contributed by atoms with van der Waals surface area (Å²) in [6, 6.07) is 15.9. The summed E-state index contributed by atoms with van der Waals surface area (Å²) in [7, 11) is 0. The minimum Gasteiger partial charge on any atom is -0.489 e. The lowest BCUT2D eigenvalue weighted by Gasteiger charge is -2.09. The smallest absolute Gasteiger partial charge is 0.193 e. The van der Waals surface area contributed by atoms with E-state index in [0.29, 0.717) is 19.1 Å². The summed E-state index contributed by atoms with van der Waals surface area (Å²) in [5, 5.41) is 3.10. The van der Waals surface area contributed by atoms with E-state index in [4.69, 9.17) is 10.5 Å². The lowest BCUT2D eigenvalue weighted by Crippen LogP contribution is -2.22. The van der Waals surface area contributed by atoms with Crippen molar-refractivity contribution < 1.29 is 4.74 Å². The number of aliphatic imine (C=N–C) groups is 1. The SMILES string of the molecule is C=CCOc1ccccc1CN=C(N)Nc1ccc(CC)cc1.I. The van der Waals surface area contributed by atoms with E-state index in [0.717, 1.165) is 23.4 Å². The Balaban J connectivity index is 0.00000288. The zero-order chi connectivity index (χ0) is 16.5. The molecule has 4 nitrogen and oxygen atoms in total. The van der Waals surface area contributed by atoms with Crippen molar-refractivity contribution in [2.45, 2.75) is 19.9 Å². The quantitative estimate of drug-likeness (QED) is 0.293. The highest BCUT2D eigenvalue weighted by Gasteiger charge is 2.02. The van der Waals surface area contributed by atoms with Crippen molar-refractivity contribution in [1.82, 2.24) is 0 Å². The van der Waals surface area contributed by atoms with Gasteiger partial charge in [0.25, 0.3) is 0 Å². The molecule has 0 aliphatic carbocycles. The molecule has 0 aliphatic rings. The van der Waals surface area contributed by atoms with E-state index in [1.54, 1.807) is 6.08 Å². The van der Waals surface area contributed by atoms with Crippen molar-refractivity contribution in [3.05, 3.63) is 72.3 Å². The summed E-state index contributed by atoms with van der Waals surface area (Å²) in [6.45, 7) is 6.71. The highest BCUT2D eigenvalue weighted by molar-refractivity contribution is 14.0. The Hall–Kier alpha value is -2.02. The van der Waals surface area contributed by atoms with Crippen LogP contribution < -0.4 is 15.8 Å². The fraction of sp³-hybridized carbons (Fsp3) is 0.211. The van der Waals surface area contributed by atoms with Crippen LogP contribution in [0.15, 0.2) is 66.2 Å². The fourth-order valence-corrected chi connectivity index (χ4v) is 2.11. The summed E-state index contributed by atoms with van der Waals surface area (Å²) >= 11 is 0. The van der Waals surface area contributed by atoms with Crippen LogP contribution in [0.3, 0.4) is 0 Å². The second-order valence-electron chi connectivity index (χ2n) is 5.08. The van der Waals surface area contributed by atoms with Gasteiger partial charge in [-0.1, -0.05) is 49.9 Å². The van der Waals surface area contributed by atoms with E-state index < -0.39 is 0 Å². The van der Waals surface area contributed by atoms with E-state index in [1.807, 2.05) is 36.4 Å². The second-order valence-corrected chi connectivity index (χ2v) is 5.08. The number of nitrogens with two attached hydrogens (primary N) is 1. The van der Waals surface area contributed by atoms with E-state index in [9.17, 15) is 0 Å². The number of ether oxygens (including phenoxy) is 1. The van der Waals surface area contributed by atoms with Gasteiger partial charge in [0, 0.05) is 11.3 Å². The molecule has 128 valence electrons. The van der Waals surface area contributed by atoms with Gasteiger partial charge < -0.3 is 15.8 Å². The van der Waals surface area contributed by atoms with Gasteiger partial charge in [-0.3, -0.25) is 0 Å². The molecular weight excluding hydrogens is 413 g/mol. The first kappa shape index (κ1) is 20.0. The van der Waals surface area contributed by atoms with Crippen molar-refractivity contribution >= 4 is 35.6 Å². The average molecular weight is 437 g/mol. The molecule has 5 heteroatoms. The Morgan fingerprint density at radius 1 is 1.21 bits per heavy atom. The molecule has 0 fully saturated rings. The largest absolute Gasteiger partial charge is 0.489 e. The third-order valence-corrected chi connectivity index (χ3v) is 3.38. The van der Waals surface area contributed by atoms with Crippen LogP contribution in [0.2, 0.25) is 0 Å². The molecule has 2 rings (SSSR count). The van der Waals surface area contributed by atoms with Gasteiger partial charge in [-0.15, -0.1) is 24.0 Å². The van der Waals surface area contributed by atoms with Gasteiger partial charge >= 0.3 is 0 Å². The van der Waals surface area contributed by atoms with Crippen LogP contribution in [0.5, 0.6) is 5.75 Å². The topological polar surface area (TPSA) is 59.6 Å². The van der Waals surface area contributed by atoms with E-state index in [-0.39, 0.29) is 24.0 Å². The van der Waals surface area contributed by atoms with Crippen molar-refractivity contribution in [3.8, 4) is 5.75 Å². The molecule has 0 bridgehead atoms.